The highest BCUT2D eigenvalue weighted by Crippen LogP contribution is 2.22. The quantitative estimate of drug-likeness (QED) is 0.427. The van der Waals surface area contributed by atoms with Crippen LogP contribution in [0.25, 0.3) is 0 Å². The molecular weight excluding hydrogens is 370 g/mol. The lowest BCUT2D eigenvalue weighted by Gasteiger charge is -2.03. The lowest BCUT2D eigenvalue weighted by Crippen LogP contribution is -2.17. The molecular formula is C14H10BrN3O5. The number of aromatic hydroxyl groups is 2. The lowest BCUT2D eigenvalue weighted by atomic mass is 10.2. The summed E-state index contributed by atoms with van der Waals surface area (Å²) in [5, 5.41) is 33.5. The molecule has 2 rings (SSSR count). The molecule has 0 fully saturated rings. The second-order valence-corrected chi connectivity index (χ2v) is 5.28. The number of carbonyl (C=O) groups excluding carboxylic acids is 1. The van der Waals surface area contributed by atoms with Crippen molar-refractivity contribution in [3.8, 4) is 11.5 Å². The van der Waals surface area contributed by atoms with Crippen LogP contribution in [0.4, 0.5) is 5.69 Å². The molecule has 23 heavy (non-hydrogen) atoms. The number of rotatable bonds is 4. The molecule has 0 spiro atoms. The van der Waals surface area contributed by atoms with E-state index in [2.05, 4.69) is 26.5 Å². The van der Waals surface area contributed by atoms with Gasteiger partial charge in [-0.2, -0.15) is 5.10 Å². The van der Waals surface area contributed by atoms with Gasteiger partial charge >= 0.3 is 0 Å². The highest BCUT2D eigenvalue weighted by atomic mass is 79.9. The zero-order valence-corrected chi connectivity index (χ0v) is 13.0. The number of hydrogen-bond acceptors (Lipinski definition) is 6. The number of phenolic OH excluding ortho intramolecular Hbond substituents is 2. The molecule has 0 unspecified atom stereocenters. The SMILES string of the molecule is O=C(NN=Cc1cc([N+](=O)[O-])ccc1O)c1cc(Br)ccc1O. The average molecular weight is 380 g/mol. The van der Waals surface area contributed by atoms with Crippen molar-refractivity contribution < 1.29 is 19.9 Å². The Morgan fingerprint density at radius 1 is 1.22 bits per heavy atom. The van der Waals surface area contributed by atoms with Crippen LogP contribution in [-0.4, -0.2) is 27.3 Å². The average Bonchev–Trinajstić information content (AvgIpc) is 2.51. The molecule has 0 aromatic heterocycles. The summed E-state index contributed by atoms with van der Waals surface area (Å²) in [5.74, 6) is -1.12. The van der Waals surface area contributed by atoms with E-state index in [0.717, 1.165) is 24.4 Å². The van der Waals surface area contributed by atoms with E-state index in [1.807, 2.05) is 0 Å². The first kappa shape index (κ1) is 16.4. The van der Waals surface area contributed by atoms with Crippen LogP contribution in [0.3, 0.4) is 0 Å². The van der Waals surface area contributed by atoms with Gasteiger partial charge in [0.15, 0.2) is 0 Å². The topological polar surface area (TPSA) is 125 Å². The van der Waals surface area contributed by atoms with Gasteiger partial charge in [-0.1, -0.05) is 15.9 Å². The molecule has 2 aromatic carbocycles. The second-order valence-electron chi connectivity index (χ2n) is 4.36. The van der Waals surface area contributed by atoms with Crippen LogP contribution in [0.5, 0.6) is 11.5 Å². The molecule has 8 nitrogen and oxygen atoms in total. The van der Waals surface area contributed by atoms with E-state index in [0.29, 0.717) is 4.47 Å². The molecule has 0 aliphatic carbocycles. The third-order valence-corrected chi connectivity index (χ3v) is 3.29. The summed E-state index contributed by atoms with van der Waals surface area (Å²) in [6.07, 6.45) is 1.06. The van der Waals surface area contributed by atoms with Crippen molar-refractivity contribution in [1.82, 2.24) is 5.43 Å². The first-order valence-electron chi connectivity index (χ1n) is 6.18. The zero-order valence-electron chi connectivity index (χ0n) is 11.4. The molecule has 3 N–H and O–H groups in total. The van der Waals surface area contributed by atoms with Gasteiger partial charge in [-0.15, -0.1) is 0 Å². The number of carbonyl (C=O) groups is 1. The molecule has 0 aliphatic rings. The Bertz CT molecular complexity index is 807. The monoisotopic (exact) mass is 379 g/mol. The Balaban J connectivity index is 2.15. The summed E-state index contributed by atoms with van der Waals surface area (Å²) in [7, 11) is 0. The normalized spacial score (nSPS) is 10.7. The fraction of sp³-hybridized carbons (Fsp3) is 0. The minimum absolute atomic E-state index is 0.000195. The van der Waals surface area contributed by atoms with E-state index in [-0.39, 0.29) is 28.3 Å². The van der Waals surface area contributed by atoms with Crippen molar-refractivity contribution in [1.29, 1.82) is 0 Å². The zero-order chi connectivity index (χ0) is 17.0. The van der Waals surface area contributed by atoms with Gasteiger partial charge in [-0.25, -0.2) is 5.43 Å². The molecule has 0 radical (unpaired) electrons. The Morgan fingerprint density at radius 2 is 1.91 bits per heavy atom. The fourth-order valence-electron chi connectivity index (χ4n) is 1.67. The van der Waals surface area contributed by atoms with Crippen LogP contribution in [0.15, 0.2) is 46.0 Å². The third kappa shape index (κ3) is 4.04. The standard InChI is InChI=1S/C14H10BrN3O5/c15-9-1-3-13(20)11(6-9)14(21)17-16-7-8-5-10(18(22)23)2-4-12(8)19/h1-7,19-20H,(H,17,21). The number of nitrogens with one attached hydrogen (secondary N) is 1. The van der Waals surface area contributed by atoms with Gasteiger partial charge in [0, 0.05) is 22.2 Å². The summed E-state index contributed by atoms with van der Waals surface area (Å²) in [5.41, 5.74) is 2.01. The van der Waals surface area contributed by atoms with Gasteiger partial charge in [0.25, 0.3) is 11.6 Å². The molecule has 0 saturated carbocycles. The molecule has 118 valence electrons. The number of non-ortho nitro benzene ring substituents is 1. The van der Waals surface area contributed by atoms with E-state index >= 15 is 0 Å². The van der Waals surface area contributed by atoms with Gasteiger partial charge in [-0.05, 0) is 24.3 Å². The summed E-state index contributed by atoms with van der Waals surface area (Å²) in [6.45, 7) is 0. The maximum absolute atomic E-state index is 11.9. The number of nitro groups is 1. The third-order valence-electron chi connectivity index (χ3n) is 2.79. The molecule has 0 heterocycles. The Hall–Kier alpha value is -2.94. The van der Waals surface area contributed by atoms with Crippen LogP contribution in [0, 0.1) is 10.1 Å². The van der Waals surface area contributed by atoms with E-state index in [4.69, 9.17) is 0 Å². The van der Waals surface area contributed by atoms with E-state index in [1.54, 1.807) is 6.07 Å². The van der Waals surface area contributed by atoms with E-state index in [1.165, 1.54) is 12.1 Å². The predicted molar refractivity (Wildman–Crippen MR) is 85.6 cm³/mol. The number of amides is 1. The van der Waals surface area contributed by atoms with E-state index in [9.17, 15) is 25.1 Å². The minimum Gasteiger partial charge on any atom is -0.507 e. The Morgan fingerprint density at radius 3 is 2.61 bits per heavy atom. The van der Waals surface area contributed by atoms with Crippen molar-refractivity contribution in [3.05, 3.63) is 62.1 Å². The number of hydrazone groups is 1. The van der Waals surface area contributed by atoms with Crippen molar-refractivity contribution >= 4 is 33.7 Å². The van der Waals surface area contributed by atoms with Gasteiger partial charge in [0.05, 0.1) is 16.7 Å². The summed E-state index contributed by atoms with van der Waals surface area (Å²) >= 11 is 3.17. The first-order valence-corrected chi connectivity index (χ1v) is 6.97. The molecule has 0 saturated heterocycles. The number of nitro benzene ring substituents is 1. The second kappa shape index (κ2) is 6.88. The van der Waals surface area contributed by atoms with Crippen molar-refractivity contribution in [2.75, 3.05) is 0 Å². The number of benzene rings is 2. The highest BCUT2D eigenvalue weighted by Gasteiger charge is 2.11. The van der Waals surface area contributed by atoms with E-state index < -0.39 is 10.8 Å². The first-order chi connectivity index (χ1) is 10.9. The highest BCUT2D eigenvalue weighted by molar-refractivity contribution is 9.10. The van der Waals surface area contributed by atoms with Crippen LogP contribution in [0.2, 0.25) is 0 Å². The molecule has 0 atom stereocenters. The number of nitrogens with zero attached hydrogens (tertiary/aromatic N) is 2. The number of phenols is 2. The molecule has 2 aromatic rings. The number of hydrogen-bond donors (Lipinski definition) is 3. The van der Waals surface area contributed by atoms with Gasteiger partial charge < -0.3 is 10.2 Å². The fourth-order valence-corrected chi connectivity index (χ4v) is 2.03. The number of halogens is 1. The maximum Gasteiger partial charge on any atom is 0.275 e. The van der Waals surface area contributed by atoms with Gasteiger partial charge in [0.2, 0.25) is 0 Å². The Kier molecular flexibility index (Phi) is 4.91. The van der Waals surface area contributed by atoms with Gasteiger partial charge in [-0.3, -0.25) is 14.9 Å². The smallest absolute Gasteiger partial charge is 0.275 e. The predicted octanol–water partition coefficient (Wildman–Crippen LogP) is 2.53. The van der Waals surface area contributed by atoms with Crippen LogP contribution in [-0.2, 0) is 0 Å². The summed E-state index contributed by atoms with van der Waals surface area (Å²) in [6, 6.07) is 7.73. The van der Waals surface area contributed by atoms with Crippen LogP contribution in [0.1, 0.15) is 15.9 Å². The lowest BCUT2D eigenvalue weighted by molar-refractivity contribution is -0.384. The van der Waals surface area contributed by atoms with Crippen LogP contribution < -0.4 is 5.43 Å². The molecule has 1 amide bonds. The minimum atomic E-state index is -0.676. The summed E-state index contributed by atoms with van der Waals surface area (Å²) in [4.78, 5) is 22.0. The maximum atomic E-state index is 11.9. The summed E-state index contributed by atoms with van der Waals surface area (Å²) < 4.78 is 0.598. The largest absolute Gasteiger partial charge is 0.507 e. The van der Waals surface area contributed by atoms with Crippen molar-refractivity contribution in [2.24, 2.45) is 5.10 Å². The van der Waals surface area contributed by atoms with Crippen molar-refractivity contribution in [3.63, 3.8) is 0 Å². The Labute approximate surface area is 138 Å². The van der Waals surface area contributed by atoms with Crippen LogP contribution >= 0.6 is 15.9 Å². The molecule has 0 bridgehead atoms. The van der Waals surface area contributed by atoms with Gasteiger partial charge in [0.1, 0.15) is 11.5 Å². The molecule has 9 heteroatoms. The van der Waals surface area contributed by atoms with Crippen molar-refractivity contribution in [2.45, 2.75) is 0 Å². The molecule has 0 aliphatic heterocycles.